The summed E-state index contributed by atoms with van der Waals surface area (Å²) in [5.41, 5.74) is 1.01. The van der Waals surface area contributed by atoms with Crippen LogP contribution >= 0.6 is 11.3 Å². The Morgan fingerprint density at radius 3 is 2.68 bits per heavy atom. The maximum atomic E-state index is 12.2. The Morgan fingerprint density at radius 2 is 2.21 bits per heavy atom. The average molecular weight is 281 g/mol. The van der Waals surface area contributed by atoms with Gasteiger partial charge in [-0.3, -0.25) is 9.59 Å². The van der Waals surface area contributed by atoms with E-state index in [2.05, 4.69) is 0 Å². The first-order valence-electron chi connectivity index (χ1n) is 6.50. The van der Waals surface area contributed by atoms with E-state index in [-0.39, 0.29) is 17.7 Å². The molecular formula is C14H19NO3S. The van der Waals surface area contributed by atoms with Gasteiger partial charge in [-0.05, 0) is 34.2 Å². The molecule has 1 aromatic heterocycles. The fraction of sp³-hybridized carbons (Fsp3) is 0.571. The molecule has 1 amide bonds. The molecule has 0 bridgehead atoms. The second-order valence-corrected chi connectivity index (χ2v) is 6.24. The maximum absolute atomic E-state index is 12.2. The monoisotopic (exact) mass is 281 g/mol. The van der Waals surface area contributed by atoms with E-state index >= 15 is 0 Å². The lowest BCUT2D eigenvalue weighted by molar-refractivity contribution is -0.143. The minimum Gasteiger partial charge on any atom is -0.481 e. The van der Waals surface area contributed by atoms with Crippen molar-refractivity contribution in [3.63, 3.8) is 0 Å². The Kier molecular flexibility index (Phi) is 4.24. The van der Waals surface area contributed by atoms with Crippen molar-refractivity contribution in [1.29, 1.82) is 0 Å². The second-order valence-electron chi connectivity index (χ2n) is 5.46. The van der Waals surface area contributed by atoms with Gasteiger partial charge in [-0.2, -0.15) is 11.3 Å². The van der Waals surface area contributed by atoms with Crippen LogP contribution in [0.4, 0.5) is 0 Å². The van der Waals surface area contributed by atoms with Gasteiger partial charge in [0.05, 0.1) is 12.3 Å². The molecular weight excluding hydrogens is 262 g/mol. The molecule has 0 spiro atoms. The highest BCUT2D eigenvalue weighted by atomic mass is 32.1. The zero-order valence-electron chi connectivity index (χ0n) is 11.2. The first kappa shape index (κ1) is 14.1. The first-order valence-corrected chi connectivity index (χ1v) is 7.45. The predicted octanol–water partition coefficient (Wildman–Crippen LogP) is 2.11. The molecule has 1 N–H and O–H groups in total. The quantitative estimate of drug-likeness (QED) is 0.919. The summed E-state index contributed by atoms with van der Waals surface area (Å²) in [6, 6.07) is 1.94. The molecule has 0 aliphatic carbocycles. The van der Waals surface area contributed by atoms with E-state index in [0.717, 1.165) is 5.56 Å². The lowest BCUT2D eigenvalue weighted by Crippen LogP contribution is -2.31. The highest BCUT2D eigenvalue weighted by Gasteiger charge is 2.40. The van der Waals surface area contributed by atoms with E-state index in [1.54, 1.807) is 16.2 Å². The molecule has 0 unspecified atom stereocenters. The van der Waals surface area contributed by atoms with Gasteiger partial charge >= 0.3 is 5.97 Å². The number of carboxylic acid groups (broad SMARTS) is 1. The smallest absolute Gasteiger partial charge is 0.308 e. The van der Waals surface area contributed by atoms with Gasteiger partial charge in [0, 0.05) is 13.1 Å². The third-order valence-electron chi connectivity index (χ3n) is 3.83. The van der Waals surface area contributed by atoms with Gasteiger partial charge in [-0.25, -0.2) is 0 Å². The summed E-state index contributed by atoms with van der Waals surface area (Å²) in [5.74, 6) is -0.840. The molecule has 2 atom stereocenters. The molecule has 4 nitrogen and oxygen atoms in total. The molecule has 1 aliphatic heterocycles. The van der Waals surface area contributed by atoms with Crippen molar-refractivity contribution >= 4 is 23.2 Å². The van der Waals surface area contributed by atoms with Crippen LogP contribution in [0.15, 0.2) is 16.8 Å². The summed E-state index contributed by atoms with van der Waals surface area (Å²) in [6.07, 6.45) is 0.376. The topological polar surface area (TPSA) is 57.6 Å². The number of nitrogens with zero attached hydrogens (tertiary/aromatic N) is 1. The summed E-state index contributed by atoms with van der Waals surface area (Å²) in [4.78, 5) is 25.2. The number of carboxylic acids is 1. The zero-order chi connectivity index (χ0) is 14.0. The van der Waals surface area contributed by atoms with Gasteiger partial charge in [0.1, 0.15) is 0 Å². The lowest BCUT2D eigenvalue weighted by Gasteiger charge is -2.18. The Hall–Kier alpha value is -1.36. The van der Waals surface area contributed by atoms with Gasteiger partial charge < -0.3 is 10.0 Å². The van der Waals surface area contributed by atoms with Crippen LogP contribution < -0.4 is 0 Å². The average Bonchev–Trinajstić information content (AvgIpc) is 2.96. The molecule has 19 heavy (non-hydrogen) atoms. The molecule has 1 aromatic rings. The fourth-order valence-electron chi connectivity index (χ4n) is 2.65. The van der Waals surface area contributed by atoms with E-state index < -0.39 is 11.9 Å². The molecule has 1 fully saturated rings. The minimum absolute atomic E-state index is 0.0350. The summed E-state index contributed by atoms with van der Waals surface area (Å²) < 4.78 is 0. The number of hydrogen-bond acceptors (Lipinski definition) is 3. The number of aliphatic carboxylic acids is 1. The van der Waals surface area contributed by atoms with Crippen molar-refractivity contribution < 1.29 is 14.7 Å². The summed E-state index contributed by atoms with van der Waals surface area (Å²) >= 11 is 1.57. The molecule has 2 rings (SSSR count). The lowest BCUT2D eigenvalue weighted by atomic mass is 9.86. The molecule has 104 valence electrons. The molecule has 2 heterocycles. The largest absolute Gasteiger partial charge is 0.481 e. The normalized spacial score (nSPS) is 23.0. The van der Waals surface area contributed by atoms with E-state index in [9.17, 15) is 14.7 Å². The van der Waals surface area contributed by atoms with Crippen LogP contribution in [-0.2, 0) is 16.0 Å². The highest BCUT2D eigenvalue weighted by molar-refractivity contribution is 7.07. The number of amides is 1. The van der Waals surface area contributed by atoms with Gasteiger partial charge in [0.2, 0.25) is 5.91 Å². The summed E-state index contributed by atoms with van der Waals surface area (Å²) in [6.45, 7) is 4.96. The van der Waals surface area contributed by atoms with Gasteiger partial charge in [0.15, 0.2) is 0 Å². The Morgan fingerprint density at radius 1 is 1.47 bits per heavy atom. The van der Waals surface area contributed by atoms with E-state index in [0.29, 0.717) is 19.5 Å². The van der Waals surface area contributed by atoms with Crippen LogP contribution in [-0.4, -0.2) is 35.0 Å². The third-order valence-corrected chi connectivity index (χ3v) is 4.56. The number of carbonyl (C=O) groups is 2. The number of carbonyl (C=O) groups excluding carboxylic acids is 1. The molecule has 5 heteroatoms. The van der Waals surface area contributed by atoms with E-state index in [1.807, 2.05) is 30.7 Å². The number of rotatable bonds is 4. The van der Waals surface area contributed by atoms with Crippen LogP contribution in [0.3, 0.4) is 0 Å². The van der Waals surface area contributed by atoms with Gasteiger partial charge in [-0.15, -0.1) is 0 Å². The van der Waals surface area contributed by atoms with Crippen LogP contribution in [0.2, 0.25) is 0 Å². The minimum atomic E-state index is -0.787. The molecule has 0 aromatic carbocycles. The third kappa shape index (κ3) is 3.15. The number of thiophene rings is 1. The van der Waals surface area contributed by atoms with Crippen LogP contribution in [0.5, 0.6) is 0 Å². The fourth-order valence-corrected chi connectivity index (χ4v) is 3.32. The van der Waals surface area contributed by atoms with Crippen LogP contribution in [0, 0.1) is 17.8 Å². The zero-order valence-corrected chi connectivity index (χ0v) is 12.0. The van der Waals surface area contributed by atoms with Crippen molar-refractivity contribution in [2.75, 3.05) is 13.1 Å². The maximum Gasteiger partial charge on any atom is 0.308 e. The molecule has 1 saturated heterocycles. The highest BCUT2D eigenvalue weighted by Crippen LogP contribution is 2.30. The summed E-state index contributed by atoms with van der Waals surface area (Å²) in [5, 5.41) is 13.2. The molecule has 0 radical (unpaired) electrons. The predicted molar refractivity (Wildman–Crippen MR) is 74.1 cm³/mol. The number of hydrogen-bond donors (Lipinski definition) is 1. The van der Waals surface area contributed by atoms with Crippen molar-refractivity contribution in [2.45, 2.75) is 20.3 Å². The van der Waals surface area contributed by atoms with Crippen molar-refractivity contribution in [3.8, 4) is 0 Å². The Balaban J connectivity index is 2.02. The van der Waals surface area contributed by atoms with Gasteiger partial charge in [-0.1, -0.05) is 13.8 Å². The first-order chi connectivity index (χ1) is 8.99. The van der Waals surface area contributed by atoms with Gasteiger partial charge in [0.25, 0.3) is 0 Å². The Bertz CT molecular complexity index is 455. The van der Waals surface area contributed by atoms with Crippen molar-refractivity contribution in [1.82, 2.24) is 4.90 Å². The van der Waals surface area contributed by atoms with Crippen molar-refractivity contribution in [3.05, 3.63) is 22.4 Å². The van der Waals surface area contributed by atoms with Crippen LogP contribution in [0.25, 0.3) is 0 Å². The molecule has 1 aliphatic rings. The Labute approximate surface area is 117 Å². The van der Waals surface area contributed by atoms with Crippen LogP contribution in [0.1, 0.15) is 19.4 Å². The second kappa shape index (κ2) is 5.74. The SMILES string of the molecule is CC(C)[C@H]1CN(C(=O)Cc2ccsc2)C[C@@H]1C(=O)O. The van der Waals surface area contributed by atoms with E-state index in [4.69, 9.17) is 0 Å². The molecule has 0 saturated carbocycles. The number of likely N-dealkylation sites (tertiary alicyclic amines) is 1. The standard InChI is InChI=1S/C14H19NO3S/c1-9(2)11-6-15(7-12(11)14(17)18)13(16)5-10-3-4-19-8-10/h3-4,8-9,11-12H,5-7H2,1-2H3,(H,17,18)/t11-,12+/m1/s1. The van der Waals surface area contributed by atoms with Crippen molar-refractivity contribution in [2.24, 2.45) is 17.8 Å². The summed E-state index contributed by atoms with van der Waals surface area (Å²) in [7, 11) is 0. The van der Waals surface area contributed by atoms with E-state index in [1.165, 1.54) is 0 Å².